The Balaban J connectivity index is 1.93. The number of thiophene rings is 1. The molecule has 1 aromatic heterocycles. The molecule has 1 N–H and O–H groups in total. The molecule has 1 aliphatic rings. The molecule has 2 heterocycles. The van der Waals surface area contributed by atoms with Crippen LogP contribution in [0.3, 0.4) is 0 Å². The first-order chi connectivity index (χ1) is 11.0. The first-order valence-corrected chi connectivity index (χ1v) is 9.96. The van der Waals surface area contributed by atoms with Crippen molar-refractivity contribution in [2.24, 2.45) is 0 Å². The molecule has 0 unspecified atom stereocenters. The van der Waals surface area contributed by atoms with E-state index >= 15 is 0 Å². The maximum atomic E-state index is 13.6. The molecule has 1 aromatic carbocycles. The van der Waals surface area contributed by atoms with E-state index in [9.17, 15) is 12.8 Å². The Morgan fingerprint density at radius 3 is 2.52 bits per heavy atom. The van der Waals surface area contributed by atoms with Crippen molar-refractivity contribution in [3.05, 3.63) is 40.5 Å². The number of halogens is 2. The van der Waals surface area contributed by atoms with Gasteiger partial charge in [-0.3, -0.25) is 4.72 Å². The van der Waals surface area contributed by atoms with Crippen LogP contribution in [0.2, 0.25) is 4.34 Å². The zero-order chi connectivity index (χ0) is 16.4. The molecule has 8 heteroatoms. The van der Waals surface area contributed by atoms with Gasteiger partial charge in [-0.15, -0.1) is 11.3 Å². The lowest BCUT2D eigenvalue weighted by molar-refractivity contribution is 0.577. The second kappa shape index (κ2) is 6.67. The number of nitrogens with one attached hydrogen (secondary N) is 1. The summed E-state index contributed by atoms with van der Waals surface area (Å²) < 4.78 is 41.5. The topological polar surface area (TPSA) is 49.4 Å². The summed E-state index contributed by atoms with van der Waals surface area (Å²) in [6, 6.07) is 7.16. The first-order valence-electron chi connectivity index (χ1n) is 7.28. The summed E-state index contributed by atoms with van der Waals surface area (Å²) in [5, 5.41) is 0. The number of hydrogen-bond donors (Lipinski definition) is 1. The highest BCUT2D eigenvalue weighted by Gasteiger charge is 2.21. The Morgan fingerprint density at radius 1 is 1.13 bits per heavy atom. The molecule has 4 nitrogen and oxygen atoms in total. The van der Waals surface area contributed by atoms with Gasteiger partial charge in [0, 0.05) is 19.2 Å². The van der Waals surface area contributed by atoms with Crippen LogP contribution in [0, 0.1) is 5.82 Å². The van der Waals surface area contributed by atoms with Crippen LogP contribution in [-0.4, -0.2) is 21.5 Å². The maximum absolute atomic E-state index is 13.6. The zero-order valence-corrected chi connectivity index (χ0v) is 14.6. The molecule has 3 rings (SSSR count). The summed E-state index contributed by atoms with van der Waals surface area (Å²) in [4.78, 5) is 2.09. The van der Waals surface area contributed by atoms with Gasteiger partial charge in [-0.05, 0) is 43.5 Å². The number of hydrogen-bond acceptors (Lipinski definition) is 4. The van der Waals surface area contributed by atoms with E-state index in [2.05, 4.69) is 9.62 Å². The fourth-order valence-electron chi connectivity index (χ4n) is 2.64. The molecule has 2 aromatic rings. The van der Waals surface area contributed by atoms with E-state index < -0.39 is 15.8 Å². The summed E-state index contributed by atoms with van der Waals surface area (Å²) in [7, 11) is -3.78. The molecule has 1 fully saturated rings. The minimum atomic E-state index is -3.78. The van der Waals surface area contributed by atoms with Gasteiger partial charge in [-0.25, -0.2) is 12.8 Å². The highest BCUT2D eigenvalue weighted by molar-refractivity contribution is 7.94. The largest absolute Gasteiger partial charge is 0.370 e. The van der Waals surface area contributed by atoms with E-state index in [1.807, 2.05) is 0 Å². The number of anilines is 2. The average Bonchev–Trinajstić information content (AvgIpc) is 2.95. The molecule has 0 saturated carbocycles. The monoisotopic (exact) mass is 374 g/mol. The van der Waals surface area contributed by atoms with Crippen LogP contribution < -0.4 is 9.62 Å². The van der Waals surface area contributed by atoms with Gasteiger partial charge in [-0.2, -0.15) is 0 Å². The zero-order valence-electron chi connectivity index (χ0n) is 12.3. The highest BCUT2D eigenvalue weighted by atomic mass is 35.5. The molecular formula is C15H16ClFN2O2S2. The van der Waals surface area contributed by atoms with Gasteiger partial charge in [-0.1, -0.05) is 11.6 Å². The predicted octanol–water partition coefficient (Wildman–Crippen LogP) is 4.33. The second-order valence-corrected chi connectivity index (χ2v) is 9.00. The summed E-state index contributed by atoms with van der Waals surface area (Å²) in [6.45, 7) is 1.68. The Bertz CT molecular complexity index is 802. The van der Waals surface area contributed by atoms with Gasteiger partial charge >= 0.3 is 0 Å². The molecule has 0 amide bonds. The van der Waals surface area contributed by atoms with Crippen molar-refractivity contribution < 1.29 is 12.8 Å². The molecule has 1 saturated heterocycles. The van der Waals surface area contributed by atoms with E-state index in [4.69, 9.17) is 11.6 Å². The predicted molar refractivity (Wildman–Crippen MR) is 92.6 cm³/mol. The lowest BCUT2D eigenvalue weighted by atomic mass is 10.1. The van der Waals surface area contributed by atoms with Crippen LogP contribution in [0.1, 0.15) is 19.3 Å². The van der Waals surface area contributed by atoms with Crippen molar-refractivity contribution in [1.29, 1.82) is 0 Å². The summed E-state index contributed by atoms with van der Waals surface area (Å²) in [5.41, 5.74) is 0.966. The molecule has 124 valence electrons. The molecular weight excluding hydrogens is 359 g/mol. The number of nitrogens with zero attached hydrogens (tertiary/aromatic N) is 1. The van der Waals surface area contributed by atoms with Crippen molar-refractivity contribution in [2.45, 2.75) is 23.5 Å². The third-order valence-electron chi connectivity index (χ3n) is 3.71. The number of rotatable bonds is 4. The molecule has 0 radical (unpaired) electrons. The SMILES string of the molecule is O=S(=O)(Nc1cc(F)ccc1N1CCCCC1)c1ccc(Cl)s1. The van der Waals surface area contributed by atoms with Crippen molar-refractivity contribution in [2.75, 3.05) is 22.7 Å². The van der Waals surface area contributed by atoms with E-state index in [0.29, 0.717) is 10.0 Å². The van der Waals surface area contributed by atoms with Gasteiger partial charge in [0.2, 0.25) is 0 Å². The fourth-order valence-corrected chi connectivity index (χ4v) is 5.19. The van der Waals surface area contributed by atoms with Gasteiger partial charge in [0.05, 0.1) is 15.7 Å². The lowest BCUT2D eigenvalue weighted by Gasteiger charge is -2.30. The summed E-state index contributed by atoms with van der Waals surface area (Å²) in [6.07, 6.45) is 3.25. The van der Waals surface area contributed by atoms with Crippen LogP contribution in [0.15, 0.2) is 34.5 Å². The Morgan fingerprint density at radius 2 is 1.87 bits per heavy atom. The summed E-state index contributed by atoms with van der Waals surface area (Å²) in [5.74, 6) is -0.479. The minimum Gasteiger partial charge on any atom is -0.370 e. The van der Waals surface area contributed by atoms with Gasteiger partial charge < -0.3 is 4.90 Å². The minimum absolute atomic E-state index is 0.108. The second-order valence-electron chi connectivity index (χ2n) is 5.37. The van der Waals surface area contributed by atoms with Crippen molar-refractivity contribution in [3.63, 3.8) is 0 Å². The smallest absolute Gasteiger partial charge is 0.271 e. The van der Waals surface area contributed by atoms with E-state index in [-0.39, 0.29) is 9.90 Å². The van der Waals surface area contributed by atoms with E-state index in [1.165, 1.54) is 24.3 Å². The fraction of sp³-hybridized carbons (Fsp3) is 0.333. The van der Waals surface area contributed by atoms with E-state index in [1.54, 1.807) is 6.07 Å². The average molecular weight is 375 g/mol. The molecule has 0 atom stereocenters. The molecule has 23 heavy (non-hydrogen) atoms. The van der Waals surface area contributed by atoms with Crippen LogP contribution >= 0.6 is 22.9 Å². The third kappa shape index (κ3) is 3.79. The van der Waals surface area contributed by atoms with E-state index in [0.717, 1.165) is 43.7 Å². The summed E-state index contributed by atoms with van der Waals surface area (Å²) >= 11 is 6.77. The molecule has 1 aliphatic heterocycles. The van der Waals surface area contributed by atoms with Crippen LogP contribution in [0.5, 0.6) is 0 Å². The van der Waals surface area contributed by atoms with Crippen LogP contribution in [0.4, 0.5) is 15.8 Å². The third-order valence-corrected chi connectivity index (χ3v) is 6.80. The van der Waals surface area contributed by atoms with Crippen molar-refractivity contribution >= 4 is 44.3 Å². The van der Waals surface area contributed by atoms with Crippen molar-refractivity contribution in [3.8, 4) is 0 Å². The van der Waals surface area contributed by atoms with Crippen LogP contribution in [-0.2, 0) is 10.0 Å². The molecule has 0 spiro atoms. The molecule has 0 bridgehead atoms. The maximum Gasteiger partial charge on any atom is 0.271 e. The van der Waals surface area contributed by atoms with Gasteiger partial charge in [0.15, 0.2) is 0 Å². The number of sulfonamides is 1. The number of benzene rings is 1. The van der Waals surface area contributed by atoms with Gasteiger partial charge in [0.1, 0.15) is 10.0 Å². The Labute approximate surface area is 143 Å². The van der Waals surface area contributed by atoms with Crippen LogP contribution in [0.25, 0.3) is 0 Å². The number of piperidine rings is 1. The quantitative estimate of drug-likeness (QED) is 0.866. The Hall–Kier alpha value is -1.31. The van der Waals surface area contributed by atoms with Crippen molar-refractivity contribution in [1.82, 2.24) is 0 Å². The Kier molecular flexibility index (Phi) is 4.79. The standard InChI is InChI=1S/C15H16ClFN2O2S2/c16-14-6-7-15(22-14)23(20,21)18-12-10-11(17)4-5-13(12)19-8-2-1-3-9-19/h4-7,10,18H,1-3,8-9H2. The molecule has 0 aliphatic carbocycles. The first kappa shape index (κ1) is 16.5. The lowest BCUT2D eigenvalue weighted by Crippen LogP contribution is -2.30. The highest BCUT2D eigenvalue weighted by Crippen LogP contribution is 2.33. The normalized spacial score (nSPS) is 15.7. The van der Waals surface area contributed by atoms with Gasteiger partial charge in [0.25, 0.3) is 10.0 Å².